The van der Waals surface area contributed by atoms with Gasteiger partial charge in [0.15, 0.2) is 6.61 Å². The average Bonchev–Trinajstić information content (AvgIpc) is 2.69. The van der Waals surface area contributed by atoms with Crippen molar-refractivity contribution in [3.8, 4) is 11.5 Å². The highest BCUT2D eigenvalue weighted by molar-refractivity contribution is 5.96. The van der Waals surface area contributed by atoms with E-state index >= 15 is 0 Å². The number of carbonyl (C=O) groups excluding carboxylic acids is 2. The predicted molar refractivity (Wildman–Crippen MR) is 114 cm³/mol. The molecule has 0 spiro atoms. The molecule has 6 nitrogen and oxygen atoms in total. The number of hydrogen-bond donors (Lipinski definition) is 2. The molecule has 156 valence electrons. The number of amides is 2. The van der Waals surface area contributed by atoms with E-state index in [2.05, 4.69) is 37.5 Å². The third-order valence-corrected chi connectivity index (χ3v) is 4.39. The molecule has 0 atom stereocenters. The molecule has 0 aliphatic rings. The zero-order valence-corrected chi connectivity index (χ0v) is 17.8. The van der Waals surface area contributed by atoms with E-state index in [9.17, 15) is 9.59 Å². The van der Waals surface area contributed by atoms with Crippen molar-refractivity contribution < 1.29 is 19.1 Å². The summed E-state index contributed by atoms with van der Waals surface area (Å²) in [5, 5.41) is 5.51. The lowest BCUT2D eigenvalue weighted by Gasteiger charge is -2.23. The molecule has 0 radical (unpaired) electrons. The first-order valence-corrected chi connectivity index (χ1v) is 9.64. The highest BCUT2D eigenvalue weighted by Gasteiger charge is 2.19. The number of nitrogens with one attached hydrogen (secondary N) is 2. The molecule has 0 saturated carbocycles. The summed E-state index contributed by atoms with van der Waals surface area (Å²) in [4.78, 5) is 24.3. The highest BCUT2D eigenvalue weighted by atomic mass is 16.5. The Morgan fingerprint density at radius 1 is 0.966 bits per heavy atom. The normalized spacial score (nSPS) is 10.9. The number of ether oxygens (including phenoxy) is 2. The molecule has 0 aliphatic heterocycles. The van der Waals surface area contributed by atoms with Gasteiger partial charge in [0.25, 0.3) is 11.8 Å². The number of benzene rings is 2. The van der Waals surface area contributed by atoms with E-state index in [1.165, 1.54) is 7.11 Å². The molecule has 6 heteroatoms. The van der Waals surface area contributed by atoms with Crippen LogP contribution in [0, 0.1) is 6.92 Å². The van der Waals surface area contributed by atoms with Crippen LogP contribution in [0.25, 0.3) is 0 Å². The van der Waals surface area contributed by atoms with Crippen molar-refractivity contribution in [2.45, 2.75) is 33.1 Å². The molecule has 0 bridgehead atoms. The molecule has 0 aliphatic carbocycles. The zero-order valence-electron chi connectivity index (χ0n) is 17.8. The molecule has 2 amide bonds. The molecule has 29 heavy (non-hydrogen) atoms. The lowest BCUT2D eigenvalue weighted by atomic mass is 9.85. The van der Waals surface area contributed by atoms with Crippen molar-refractivity contribution in [3.05, 3.63) is 59.2 Å². The molecular weight excluding hydrogens is 368 g/mol. The largest absolute Gasteiger partial charge is 0.496 e. The van der Waals surface area contributed by atoms with Crippen LogP contribution in [-0.2, 0) is 10.2 Å². The SMILES string of the molecule is COc1ccccc1C(=O)NCCNC(=O)COc1ccc(C)cc1C(C)(C)C. The van der Waals surface area contributed by atoms with Crippen LogP contribution in [0.1, 0.15) is 42.3 Å². The van der Waals surface area contributed by atoms with Crippen molar-refractivity contribution in [2.24, 2.45) is 0 Å². The van der Waals surface area contributed by atoms with E-state index < -0.39 is 0 Å². The van der Waals surface area contributed by atoms with E-state index in [1.54, 1.807) is 24.3 Å². The number of hydrogen-bond acceptors (Lipinski definition) is 4. The van der Waals surface area contributed by atoms with Gasteiger partial charge in [-0.1, -0.05) is 50.6 Å². The third kappa shape index (κ3) is 6.52. The van der Waals surface area contributed by atoms with Crippen LogP contribution in [0.4, 0.5) is 0 Å². The van der Waals surface area contributed by atoms with Gasteiger partial charge in [0, 0.05) is 13.1 Å². The summed E-state index contributed by atoms with van der Waals surface area (Å²) in [5.74, 6) is 0.734. The second-order valence-corrected chi connectivity index (χ2v) is 7.84. The van der Waals surface area contributed by atoms with Gasteiger partial charge in [-0.3, -0.25) is 9.59 Å². The molecule has 2 aromatic rings. The van der Waals surface area contributed by atoms with Gasteiger partial charge in [-0.15, -0.1) is 0 Å². The maximum atomic E-state index is 12.2. The quantitative estimate of drug-likeness (QED) is 0.670. The maximum absolute atomic E-state index is 12.2. The van der Waals surface area contributed by atoms with Crippen molar-refractivity contribution in [3.63, 3.8) is 0 Å². The van der Waals surface area contributed by atoms with Crippen LogP contribution in [0.2, 0.25) is 0 Å². The van der Waals surface area contributed by atoms with Crippen LogP contribution in [0.15, 0.2) is 42.5 Å². The van der Waals surface area contributed by atoms with Crippen molar-refractivity contribution >= 4 is 11.8 Å². The fourth-order valence-corrected chi connectivity index (χ4v) is 2.86. The Kier molecular flexibility index (Phi) is 7.65. The molecule has 0 unspecified atom stereocenters. The predicted octanol–water partition coefficient (Wildman–Crippen LogP) is 3.23. The number of aryl methyl sites for hydroxylation is 1. The summed E-state index contributed by atoms with van der Waals surface area (Å²) < 4.78 is 10.9. The van der Waals surface area contributed by atoms with Gasteiger partial charge in [-0.2, -0.15) is 0 Å². The zero-order chi connectivity index (χ0) is 21.4. The Balaban J connectivity index is 1.79. The van der Waals surface area contributed by atoms with Crippen LogP contribution in [0.5, 0.6) is 11.5 Å². The number of rotatable bonds is 8. The van der Waals surface area contributed by atoms with Gasteiger partial charge in [0.05, 0.1) is 12.7 Å². The molecule has 2 aromatic carbocycles. The van der Waals surface area contributed by atoms with Gasteiger partial charge in [0.2, 0.25) is 0 Å². The lowest BCUT2D eigenvalue weighted by Crippen LogP contribution is -2.37. The Hall–Kier alpha value is -3.02. The van der Waals surface area contributed by atoms with Crippen LogP contribution in [-0.4, -0.2) is 38.6 Å². The summed E-state index contributed by atoms with van der Waals surface area (Å²) in [7, 11) is 1.52. The van der Waals surface area contributed by atoms with Crippen LogP contribution >= 0.6 is 0 Å². The van der Waals surface area contributed by atoms with E-state index in [0.29, 0.717) is 30.2 Å². The van der Waals surface area contributed by atoms with Crippen molar-refractivity contribution in [1.82, 2.24) is 10.6 Å². The minimum Gasteiger partial charge on any atom is -0.496 e. The Morgan fingerprint density at radius 2 is 1.66 bits per heavy atom. The Morgan fingerprint density at radius 3 is 2.34 bits per heavy atom. The van der Waals surface area contributed by atoms with Crippen molar-refractivity contribution in [2.75, 3.05) is 26.8 Å². The standard InChI is InChI=1S/C23H30N2O4/c1-16-10-11-20(18(14-16)23(2,3)4)29-15-21(26)24-12-13-25-22(27)17-8-6-7-9-19(17)28-5/h6-11,14H,12-13,15H2,1-5H3,(H,24,26)(H,25,27). The molecule has 2 N–H and O–H groups in total. The molecule has 0 heterocycles. The molecule has 0 fully saturated rings. The first-order valence-electron chi connectivity index (χ1n) is 9.64. The van der Waals surface area contributed by atoms with Gasteiger partial charge in [-0.25, -0.2) is 0 Å². The number of para-hydroxylation sites is 1. The molecule has 2 rings (SSSR count). The summed E-state index contributed by atoms with van der Waals surface area (Å²) in [6.07, 6.45) is 0. The van der Waals surface area contributed by atoms with E-state index in [1.807, 2.05) is 19.1 Å². The fourth-order valence-electron chi connectivity index (χ4n) is 2.86. The highest BCUT2D eigenvalue weighted by Crippen LogP contribution is 2.32. The number of carbonyl (C=O) groups is 2. The second kappa shape index (κ2) is 9.96. The minimum absolute atomic E-state index is 0.0768. The van der Waals surface area contributed by atoms with E-state index in [0.717, 1.165) is 11.1 Å². The summed E-state index contributed by atoms with van der Waals surface area (Å²) in [6.45, 7) is 8.90. The van der Waals surface area contributed by atoms with Crippen LogP contribution in [0.3, 0.4) is 0 Å². The Labute approximate surface area is 172 Å². The van der Waals surface area contributed by atoms with Gasteiger partial charge >= 0.3 is 0 Å². The smallest absolute Gasteiger partial charge is 0.258 e. The number of methoxy groups -OCH3 is 1. The summed E-state index contributed by atoms with van der Waals surface area (Å²) in [5.41, 5.74) is 2.59. The average molecular weight is 399 g/mol. The third-order valence-electron chi connectivity index (χ3n) is 4.39. The summed E-state index contributed by atoms with van der Waals surface area (Å²) >= 11 is 0. The van der Waals surface area contributed by atoms with Crippen LogP contribution < -0.4 is 20.1 Å². The molecule has 0 aromatic heterocycles. The lowest BCUT2D eigenvalue weighted by molar-refractivity contribution is -0.123. The fraction of sp³-hybridized carbons (Fsp3) is 0.391. The Bertz CT molecular complexity index is 856. The molecule has 0 saturated heterocycles. The topological polar surface area (TPSA) is 76.7 Å². The first kappa shape index (κ1) is 22.3. The minimum atomic E-state index is -0.248. The van der Waals surface area contributed by atoms with E-state index in [-0.39, 0.29) is 23.8 Å². The monoisotopic (exact) mass is 398 g/mol. The molecular formula is C23H30N2O4. The van der Waals surface area contributed by atoms with Crippen molar-refractivity contribution in [1.29, 1.82) is 0 Å². The van der Waals surface area contributed by atoms with Gasteiger partial charge < -0.3 is 20.1 Å². The summed E-state index contributed by atoms with van der Waals surface area (Å²) in [6, 6.07) is 12.9. The van der Waals surface area contributed by atoms with Gasteiger partial charge in [0.1, 0.15) is 11.5 Å². The first-order chi connectivity index (χ1) is 13.7. The second-order valence-electron chi connectivity index (χ2n) is 7.84. The van der Waals surface area contributed by atoms with Gasteiger partial charge in [-0.05, 0) is 36.1 Å². The van der Waals surface area contributed by atoms with E-state index in [4.69, 9.17) is 9.47 Å². The maximum Gasteiger partial charge on any atom is 0.258 e.